The van der Waals surface area contributed by atoms with Crippen molar-refractivity contribution in [2.24, 2.45) is 0 Å². The molecule has 6 nitrogen and oxygen atoms in total. The fourth-order valence-corrected chi connectivity index (χ4v) is 5.19. The van der Waals surface area contributed by atoms with Crippen LogP contribution in [0.2, 0.25) is 0 Å². The zero-order valence-electron chi connectivity index (χ0n) is 18.8. The predicted molar refractivity (Wildman–Crippen MR) is 127 cm³/mol. The number of carbonyl (C=O) groups is 1. The number of aryl methyl sites for hydroxylation is 1. The Kier molecular flexibility index (Phi) is 8.33. The van der Waals surface area contributed by atoms with Gasteiger partial charge in [-0.25, -0.2) is 8.42 Å². The first-order valence-corrected chi connectivity index (χ1v) is 12.6. The molecule has 172 valence electrons. The summed E-state index contributed by atoms with van der Waals surface area (Å²) < 4.78 is 33.9. The number of allylic oxidation sites excluding steroid dienone is 1. The topological polar surface area (TPSA) is 75.7 Å². The van der Waals surface area contributed by atoms with Gasteiger partial charge in [-0.05, 0) is 70.2 Å². The van der Waals surface area contributed by atoms with E-state index in [9.17, 15) is 13.2 Å². The Morgan fingerprint density at radius 2 is 1.84 bits per heavy atom. The highest BCUT2D eigenvalue weighted by Gasteiger charge is 2.29. The molecule has 0 spiro atoms. The molecule has 32 heavy (non-hydrogen) atoms. The lowest BCUT2D eigenvalue weighted by Gasteiger charge is -2.26. The Bertz CT molecular complexity index is 1050. The number of nitrogens with one attached hydrogen (secondary N) is 1. The third-order valence-corrected chi connectivity index (χ3v) is 7.26. The van der Waals surface area contributed by atoms with Gasteiger partial charge in [0.1, 0.15) is 12.3 Å². The maximum atomic E-state index is 13.5. The lowest BCUT2D eigenvalue weighted by atomic mass is 9.97. The average molecular weight is 457 g/mol. The number of benzene rings is 2. The minimum absolute atomic E-state index is 0.134. The Morgan fingerprint density at radius 1 is 1.09 bits per heavy atom. The van der Waals surface area contributed by atoms with Gasteiger partial charge in [0.25, 0.3) is 10.0 Å². The molecule has 0 aliphatic heterocycles. The predicted octanol–water partition coefficient (Wildman–Crippen LogP) is 4.60. The third kappa shape index (κ3) is 6.13. The number of carbonyl (C=O) groups excluding carboxylic acids is 1. The zero-order chi connectivity index (χ0) is 23.0. The monoisotopic (exact) mass is 456 g/mol. The zero-order valence-corrected chi connectivity index (χ0v) is 19.7. The Labute approximate surface area is 191 Å². The molecule has 1 aliphatic carbocycles. The van der Waals surface area contributed by atoms with Crippen molar-refractivity contribution >= 4 is 21.6 Å². The van der Waals surface area contributed by atoms with E-state index in [-0.39, 0.29) is 17.3 Å². The second kappa shape index (κ2) is 11.2. The largest absolute Gasteiger partial charge is 0.492 e. The van der Waals surface area contributed by atoms with Crippen LogP contribution >= 0.6 is 0 Å². The molecular weight excluding hydrogens is 424 g/mol. The van der Waals surface area contributed by atoms with Crippen LogP contribution < -0.4 is 14.4 Å². The first-order valence-electron chi connectivity index (χ1n) is 11.2. The van der Waals surface area contributed by atoms with E-state index in [0.29, 0.717) is 24.6 Å². The fourth-order valence-electron chi connectivity index (χ4n) is 3.76. The molecule has 0 heterocycles. The van der Waals surface area contributed by atoms with Crippen LogP contribution in [0.5, 0.6) is 5.75 Å². The maximum Gasteiger partial charge on any atom is 0.264 e. The molecule has 0 atom stereocenters. The van der Waals surface area contributed by atoms with Crippen molar-refractivity contribution < 1.29 is 17.9 Å². The molecule has 0 fully saturated rings. The van der Waals surface area contributed by atoms with Crippen LogP contribution in [0.25, 0.3) is 0 Å². The molecule has 3 rings (SSSR count). The number of hydrogen-bond acceptors (Lipinski definition) is 4. The first kappa shape index (κ1) is 23.9. The summed E-state index contributed by atoms with van der Waals surface area (Å²) in [4.78, 5) is 12.9. The van der Waals surface area contributed by atoms with Crippen molar-refractivity contribution in [3.63, 3.8) is 0 Å². The molecule has 0 unspecified atom stereocenters. The molecule has 0 aromatic heterocycles. The smallest absolute Gasteiger partial charge is 0.264 e. The highest BCUT2D eigenvalue weighted by atomic mass is 32.2. The summed E-state index contributed by atoms with van der Waals surface area (Å²) in [5, 5.41) is 2.89. The Balaban J connectivity index is 1.83. The van der Waals surface area contributed by atoms with Crippen LogP contribution in [0.4, 0.5) is 5.69 Å². The second-order valence-corrected chi connectivity index (χ2v) is 9.80. The summed E-state index contributed by atoms with van der Waals surface area (Å²) in [6.07, 6.45) is 7.64. The van der Waals surface area contributed by atoms with Gasteiger partial charge in [-0.15, -0.1) is 0 Å². The van der Waals surface area contributed by atoms with Crippen molar-refractivity contribution in [1.82, 2.24) is 5.32 Å². The van der Waals surface area contributed by atoms with Gasteiger partial charge in [0.05, 0.1) is 17.2 Å². The standard InChI is InChI=1S/C25H32N2O4S/c1-3-31-24-12-8-7-11-23(24)27(32(29,30)22-15-13-20(2)14-16-22)19-25(28)26-18-17-21-9-5-4-6-10-21/h7-9,11-16H,3-6,10,17-19H2,1-2H3,(H,26,28). The third-order valence-electron chi connectivity index (χ3n) is 5.48. The van der Waals surface area contributed by atoms with Crippen molar-refractivity contribution in [2.75, 3.05) is 24.0 Å². The average Bonchev–Trinajstić information content (AvgIpc) is 2.79. The van der Waals surface area contributed by atoms with E-state index in [2.05, 4.69) is 11.4 Å². The summed E-state index contributed by atoms with van der Waals surface area (Å²) >= 11 is 0. The number of amides is 1. The summed E-state index contributed by atoms with van der Waals surface area (Å²) in [6.45, 7) is 4.29. The highest BCUT2D eigenvalue weighted by Crippen LogP contribution is 2.32. The quantitative estimate of drug-likeness (QED) is 0.531. The maximum absolute atomic E-state index is 13.5. The number of nitrogens with zero attached hydrogens (tertiary/aromatic N) is 1. The minimum atomic E-state index is -3.97. The number of ether oxygens (including phenoxy) is 1. The fraction of sp³-hybridized carbons (Fsp3) is 0.400. The van der Waals surface area contributed by atoms with Crippen LogP contribution in [0.3, 0.4) is 0 Å². The summed E-state index contributed by atoms with van der Waals surface area (Å²) in [6, 6.07) is 13.5. The molecule has 7 heteroatoms. The summed E-state index contributed by atoms with van der Waals surface area (Å²) in [5.41, 5.74) is 2.67. The van der Waals surface area contributed by atoms with Gasteiger partial charge in [0.15, 0.2) is 0 Å². The van der Waals surface area contributed by atoms with E-state index in [0.717, 1.165) is 29.1 Å². The van der Waals surface area contributed by atoms with Crippen LogP contribution in [-0.2, 0) is 14.8 Å². The van der Waals surface area contributed by atoms with Crippen LogP contribution in [-0.4, -0.2) is 34.0 Å². The highest BCUT2D eigenvalue weighted by molar-refractivity contribution is 7.92. The van der Waals surface area contributed by atoms with Crippen molar-refractivity contribution in [3.05, 3.63) is 65.7 Å². The normalized spacial score (nSPS) is 13.9. The SMILES string of the molecule is CCOc1ccccc1N(CC(=O)NCCC1=CCCCC1)S(=O)(=O)c1ccc(C)cc1. The molecule has 1 amide bonds. The van der Waals surface area contributed by atoms with Gasteiger partial charge in [-0.1, -0.05) is 41.5 Å². The van der Waals surface area contributed by atoms with Crippen molar-refractivity contribution in [1.29, 1.82) is 0 Å². The van der Waals surface area contributed by atoms with E-state index < -0.39 is 10.0 Å². The van der Waals surface area contributed by atoms with E-state index in [1.807, 2.05) is 13.8 Å². The van der Waals surface area contributed by atoms with Gasteiger partial charge < -0.3 is 10.1 Å². The molecule has 0 saturated carbocycles. The van der Waals surface area contributed by atoms with Gasteiger partial charge in [0, 0.05) is 6.54 Å². The number of sulfonamides is 1. The first-order chi connectivity index (χ1) is 15.4. The van der Waals surface area contributed by atoms with E-state index >= 15 is 0 Å². The number of rotatable bonds is 10. The second-order valence-electron chi connectivity index (χ2n) is 7.93. The molecule has 0 saturated heterocycles. The van der Waals surface area contributed by atoms with E-state index in [1.165, 1.54) is 18.4 Å². The lowest BCUT2D eigenvalue weighted by molar-refractivity contribution is -0.119. The molecule has 0 radical (unpaired) electrons. The van der Waals surface area contributed by atoms with Gasteiger partial charge >= 0.3 is 0 Å². The number of para-hydroxylation sites is 2. The number of anilines is 1. The van der Waals surface area contributed by atoms with Gasteiger partial charge in [-0.3, -0.25) is 9.10 Å². The Hall–Kier alpha value is -2.80. The van der Waals surface area contributed by atoms with E-state index in [1.54, 1.807) is 48.5 Å². The molecule has 1 N–H and O–H groups in total. The molecule has 0 bridgehead atoms. The summed E-state index contributed by atoms with van der Waals surface area (Å²) in [7, 11) is -3.97. The molecule has 1 aliphatic rings. The molecule has 2 aromatic rings. The molecular formula is C25H32N2O4S. The Morgan fingerprint density at radius 3 is 2.53 bits per heavy atom. The van der Waals surface area contributed by atoms with Crippen LogP contribution in [0.15, 0.2) is 65.1 Å². The minimum Gasteiger partial charge on any atom is -0.492 e. The molecule has 2 aromatic carbocycles. The van der Waals surface area contributed by atoms with Crippen molar-refractivity contribution in [3.8, 4) is 5.75 Å². The van der Waals surface area contributed by atoms with Gasteiger partial charge in [0.2, 0.25) is 5.91 Å². The van der Waals surface area contributed by atoms with E-state index in [4.69, 9.17) is 4.74 Å². The lowest BCUT2D eigenvalue weighted by Crippen LogP contribution is -2.41. The number of hydrogen-bond donors (Lipinski definition) is 1. The summed E-state index contributed by atoms with van der Waals surface area (Å²) in [5.74, 6) is 0.0780. The van der Waals surface area contributed by atoms with Crippen LogP contribution in [0.1, 0.15) is 44.6 Å². The van der Waals surface area contributed by atoms with Gasteiger partial charge in [-0.2, -0.15) is 0 Å². The van der Waals surface area contributed by atoms with Crippen molar-refractivity contribution in [2.45, 2.75) is 50.8 Å². The van der Waals surface area contributed by atoms with Crippen LogP contribution in [0, 0.1) is 6.92 Å².